The number of ether oxygens (including phenoxy) is 1. The summed E-state index contributed by atoms with van der Waals surface area (Å²) in [5.41, 5.74) is 1.72. The first-order valence-electron chi connectivity index (χ1n) is 6.33. The lowest BCUT2D eigenvalue weighted by molar-refractivity contribution is 0.404. The Morgan fingerprint density at radius 3 is 2.80 bits per heavy atom. The summed E-state index contributed by atoms with van der Waals surface area (Å²) in [7, 11) is 1.62. The second-order valence-electron chi connectivity index (χ2n) is 4.31. The molecule has 0 spiro atoms. The number of nitrogens with zero attached hydrogens (tertiary/aromatic N) is 1. The van der Waals surface area contributed by atoms with Crippen molar-refractivity contribution in [3.05, 3.63) is 58.1 Å². The molecule has 1 unspecified atom stereocenters. The highest BCUT2D eigenvalue weighted by Gasteiger charge is 2.18. The summed E-state index contributed by atoms with van der Waals surface area (Å²) in [6.45, 7) is 2.76. The van der Waals surface area contributed by atoms with E-state index in [-0.39, 0.29) is 11.9 Å². The molecule has 1 aromatic heterocycles. The summed E-state index contributed by atoms with van der Waals surface area (Å²) in [5, 5.41) is 3.33. The second kappa shape index (κ2) is 6.81. The van der Waals surface area contributed by atoms with Gasteiger partial charge in [-0.25, -0.2) is 4.39 Å². The number of methoxy groups -OCH3 is 1. The van der Waals surface area contributed by atoms with Crippen LogP contribution in [0, 0.1) is 5.82 Å². The van der Waals surface area contributed by atoms with E-state index in [0.29, 0.717) is 0 Å². The Kier molecular flexibility index (Phi) is 5.09. The zero-order valence-electron chi connectivity index (χ0n) is 11.4. The van der Waals surface area contributed by atoms with E-state index in [1.54, 1.807) is 13.3 Å². The molecule has 0 aliphatic carbocycles. The molecule has 3 nitrogen and oxygen atoms in total. The Labute approximate surface area is 126 Å². The number of hydrogen-bond donors (Lipinski definition) is 1. The third-order valence-corrected chi connectivity index (χ3v) is 3.47. The Balaban J connectivity index is 2.48. The van der Waals surface area contributed by atoms with E-state index in [9.17, 15) is 4.39 Å². The molecule has 0 aliphatic heterocycles. The topological polar surface area (TPSA) is 34.2 Å². The SMILES string of the molecule is CCNC(c1cncc(F)c1)c1ccc(Br)cc1OC. The highest BCUT2D eigenvalue weighted by atomic mass is 79.9. The quantitative estimate of drug-likeness (QED) is 0.902. The minimum Gasteiger partial charge on any atom is -0.496 e. The van der Waals surface area contributed by atoms with Crippen LogP contribution in [0.4, 0.5) is 4.39 Å². The van der Waals surface area contributed by atoms with Crippen LogP contribution in [0.1, 0.15) is 24.1 Å². The summed E-state index contributed by atoms with van der Waals surface area (Å²) >= 11 is 3.42. The van der Waals surface area contributed by atoms with Gasteiger partial charge < -0.3 is 10.1 Å². The van der Waals surface area contributed by atoms with Gasteiger partial charge in [0, 0.05) is 16.2 Å². The molecule has 0 amide bonds. The Morgan fingerprint density at radius 1 is 1.35 bits per heavy atom. The van der Waals surface area contributed by atoms with Crippen LogP contribution in [0.15, 0.2) is 41.1 Å². The zero-order valence-corrected chi connectivity index (χ0v) is 12.9. The molecule has 106 valence electrons. The van der Waals surface area contributed by atoms with Gasteiger partial charge in [0.15, 0.2) is 0 Å². The fourth-order valence-electron chi connectivity index (χ4n) is 2.12. The van der Waals surface area contributed by atoms with E-state index in [0.717, 1.165) is 27.9 Å². The zero-order chi connectivity index (χ0) is 14.5. The van der Waals surface area contributed by atoms with Crippen molar-refractivity contribution in [2.75, 3.05) is 13.7 Å². The predicted molar refractivity (Wildman–Crippen MR) is 80.4 cm³/mol. The average molecular weight is 339 g/mol. The van der Waals surface area contributed by atoms with Gasteiger partial charge in [-0.05, 0) is 30.3 Å². The van der Waals surface area contributed by atoms with Gasteiger partial charge in [-0.15, -0.1) is 0 Å². The highest BCUT2D eigenvalue weighted by molar-refractivity contribution is 9.10. The molecule has 1 N–H and O–H groups in total. The van der Waals surface area contributed by atoms with E-state index >= 15 is 0 Å². The lowest BCUT2D eigenvalue weighted by atomic mass is 9.99. The summed E-state index contributed by atoms with van der Waals surface area (Å²) in [5.74, 6) is 0.399. The van der Waals surface area contributed by atoms with Crippen molar-refractivity contribution < 1.29 is 9.13 Å². The maximum Gasteiger partial charge on any atom is 0.141 e. The molecule has 0 fully saturated rings. The van der Waals surface area contributed by atoms with Crippen molar-refractivity contribution in [1.82, 2.24) is 10.3 Å². The number of benzene rings is 1. The third-order valence-electron chi connectivity index (χ3n) is 2.97. The molecule has 2 aromatic rings. The molecule has 1 aromatic carbocycles. The molecule has 0 saturated carbocycles. The third kappa shape index (κ3) is 3.35. The maximum atomic E-state index is 13.4. The van der Waals surface area contributed by atoms with Crippen molar-refractivity contribution in [3.63, 3.8) is 0 Å². The molecule has 1 atom stereocenters. The van der Waals surface area contributed by atoms with E-state index in [1.807, 2.05) is 25.1 Å². The largest absolute Gasteiger partial charge is 0.496 e. The van der Waals surface area contributed by atoms with Gasteiger partial charge in [-0.1, -0.05) is 28.9 Å². The second-order valence-corrected chi connectivity index (χ2v) is 5.23. The van der Waals surface area contributed by atoms with Gasteiger partial charge in [-0.2, -0.15) is 0 Å². The van der Waals surface area contributed by atoms with E-state index in [1.165, 1.54) is 12.3 Å². The van der Waals surface area contributed by atoms with Gasteiger partial charge in [0.1, 0.15) is 11.6 Å². The van der Waals surface area contributed by atoms with Crippen LogP contribution in [0.2, 0.25) is 0 Å². The van der Waals surface area contributed by atoms with Gasteiger partial charge in [0.2, 0.25) is 0 Å². The Hall–Kier alpha value is -1.46. The average Bonchev–Trinajstić information content (AvgIpc) is 2.45. The van der Waals surface area contributed by atoms with Crippen molar-refractivity contribution in [2.45, 2.75) is 13.0 Å². The van der Waals surface area contributed by atoms with Gasteiger partial charge in [0.25, 0.3) is 0 Å². The summed E-state index contributed by atoms with van der Waals surface area (Å²) in [4.78, 5) is 3.92. The molecular formula is C15H16BrFN2O. The fourth-order valence-corrected chi connectivity index (χ4v) is 2.46. The number of nitrogens with one attached hydrogen (secondary N) is 1. The lowest BCUT2D eigenvalue weighted by Crippen LogP contribution is -2.22. The molecule has 2 rings (SSSR count). The summed E-state index contributed by atoms with van der Waals surface area (Å²) < 4.78 is 19.8. The van der Waals surface area contributed by atoms with Gasteiger partial charge in [0.05, 0.1) is 19.3 Å². The van der Waals surface area contributed by atoms with Gasteiger partial charge >= 0.3 is 0 Å². The van der Waals surface area contributed by atoms with Crippen molar-refractivity contribution in [1.29, 1.82) is 0 Å². The number of hydrogen-bond acceptors (Lipinski definition) is 3. The molecule has 5 heteroatoms. The molecule has 0 bridgehead atoms. The number of aromatic nitrogens is 1. The molecule has 0 saturated heterocycles. The number of rotatable bonds is 5. The smallest absolute Gasteiger partial charge is 0.141 e. The minimum absolute atomic E-state index is 0.161. The molecular weight excluding hydrogens is 323 g/mol. The fraction of sp³-hybridized carbons (Fsp3) is 0.267. The van der Waals surface area contributed by atoms with E-state index in [2.05, 4.69) is 26.2 Å². The molecule has 0 radical (unpaired) electrons. The Morgan fingerprint density at radius 2 is 2.15 bits per heavy atom. The predicted octanol–water partition coefficient (Wildman–Crippen LogP) is 3.69. The first kappa shape index (κ1) is 14.9. The van der Waals surface area contributed by atoms with Crippen molar-refractivity contribution >= 4 is 15.9 Å². The number of pyridine rings is 1. The van der Waals surface area contributed by atoms with Crippen molar-refractivity contribution in [2.24, 2.45) is 0 Å². The van der Waals surface area contributed by atoms with E-state index < -0.39 is 0 Å². The minimum atomic E-state index is -0.346. The highest BCUT2D eigenvalue weighted by Crippen LogP contribution is 2.32. The molecule has 20 heavy (non-hydrogen) atoms. The van der Waals surface area contributed by atoms with Crippen LogP contribution < -0.4 is 10.1 Å². The number of halogens is 2. The van der Waals surface area contributed by atoms with E-state index in [4.69, 9.17) is 4.74 Å². The van der Waals surface area contributed by atoms with Crippen LogP contribution >= 0.6 is 15.9 Å². The van der Waals surface area contributed by atoms with Crippen LogP contribution in [0.5, 0.6) is 5.75 Å². The summed E-state index contributed by atoms with van der Waals surface area (Å²) in [6.07, 6.45) is 2.86. The van der Waals surface area contributed by atoms with Crippen LogP contribution in [0.25, 0.3) is 0 Å². The summed E-state index contributed by atoms with van der Waals surface area (Å²) in [6, 6.07) is 7.12. The standard InChI is InChI=1S/C15H16BrFN2O/c1-3-19-15(10-6-12(17)9-18-8-10)13-5-4-11(16)7-14(13)20-2/h4-9,15,19H,3H2,1-2H3. The van der Waals surface area contributed by atoms with Crippen molar-refractivity contribution in [3.8, 4) is 5.75 Å². The normalized spacial score (nSPS) is 12.2. The van der Waals surface area contributed by atoms with Crippen LogP contribution in [-0.4, -0.2) is 18.6 Å². The van der Waals surface area contributed by atoms with Crippen LogP contribution in [0.3, 0.4) is 0 Å². The Bertz CT molecular complexity index is 592. The first-order chi connectivity index (χ1) is 9.65. The molecule has 0 aliphatic rings. The monoisotopic (exact) mass is 338 g/mol. The maximum absolute atomic E-state index is 13.4. The molecule has 1 heterocycles. The lowest BCUT2D eigenvalue weighted by Gasteiger charge is -2.21. The first-order valence-corrected chi connectivity index (χ1v) is 7.12. The van der Waals surface area contributed by atoms with Crippen LogP contribution in [-0.2, 0) is 0 Å². The van der Waals surface area contributed by atoms with Gasteiger partial charge in [-0.3, -0.25) is 4.98 Å².